The largest absolute Gasteiger partial charge is 0.495 e. The molecule has 136 valence electrons. The van der Waals surface area contributed by atoms with Crippen LogP contribution in [0.15, 0.2) is 49.1 Å². The summed E-state index contributed by atoms with van der Waals surface area (Å²) in [5.41, 5.74) is 8.45. The Morgan fingerprint density at radius 1 is 1.11 bits per heavy atom. The van der Waals surface area contributed by atoms with Crippen molar-refractivity contribution in [1.29, 1.82) is 0 Å². The summed E-state index contributed by atoms with van der Waals surface area (Å²) in [6.07, 6.45) is 5.65. The van der Waals surface area contributed by atoms with Gasteiger partial charge in [0.2, 0.25) is 0 Å². The van der Waals surface area contributed by atoms with Gasteiger partial charge >= 0.3 is 0 Å². The average Bonchev–Trinajstić information content (AvgIpc) is 3.19. The highest BCUT2D eigenvalue weighted by molar-refractivity contribution is 6.35. The van der Waals surface area contributed by atoms with Gasteiger partial charge in [0.15, 0.2) is 5.82 Å². The van der Waals surface area contributed by atoms with Crippen molar-refractivity contribution in [1.82, 2.24) is 19.7 Å². The van der Waals surface area contributed by atoms with E-state index in [1.54, 1.807) is 36.5 Å². The highest BCUT2D eigenvalue weighted by atomic mass is 35.5. The number of fused-ring (bicyclic) bond motifs is 1. The molecule has 0 unspecified atom stereocenters. The number of anilines is 1. The van der Waals surface area contributed by atoms with Gasteiger partial charge in [0, 0.05) is 29.6 Å². The Balaban J connectivity index is 1.87. The number of methoxy groups -OCH3 is 1. The van der Waals surface area contributed by atoms with Crippen molar-refractivity contribution in [3.05, 3.63) is 70.4 Å². The van der Waals surface area contributed by atoms with Gasteiger partial charge < -0.3 is 10.5 Å². The predicted octanol–water partition coefficient (Wildman–Crippen LogP) is 4.30. The van der Waals surface area contributed by atoms with Crippen molar-refractivity contribution in [2.45, 2.75) is 6.42 Å². The number of rotatable bonds is 4. The summed E-state index contributed by atoms with van der Waals surface area (Å²) >= 11 is 12.5. The molecular weight excluding hydrogens is 385 g/mol. The molecule has 4 aromatic rings. The maximum atomic E-state index is 6.30. The van der Waals surface area contributed by atoms with Crippen LogP contribution in [0.1, 0.15) is 11.3 Å². The van der Waals surface area contributed by atoms with Crippen molar-refractivity contribution in [3.63, 3.8) is 0 Å². The Labute approximate surface area is 165 Å². The van der Waals surface area contributed by atoms with Gasteiger partial charge in [-0.1, -0.05) is 29.3 Å². The fourth-order valence-electron chi connectivity index (χ4n) is 3.02. The number of hydrogen-bond donors (Lipinski definition) is 1. The number of nitrogens with zero attached hydrogens (tertiary/aromatic N) is 4. The molecule has 2 heterocycles. The molecule has 27 heavy (non-hydrogen) atoms. The van der Waals surface area contributed by atoms with Crippen LogP contribution in [0.3, 0.4) is 0 Å². The molecule has 4 rings (SSSR count). The lowest BCUT2D eigenvalue weighted by atomic mass is 10.0. The molecule has 0 bridgehead atoms. The molecule has 8 heteroatoms. The molecule has 0 spiro atoms. The van der Waals surface area contributed by atoms with Crippen molar-refractivity contribution < 1.29 is 4.74 Å². The summed E-state index contributed by atoms with van der Waals surface area (Å²) in [6, 6.07) is 9.25. The molecule has 0 radical (unpaired) electrons. The first-order chi connectivity index (χ1) is 13.1. The Morgan fingerprint density at radius 2 is 1.96 bits per heavy atom. The van der Waals surface area contributed by atoms with Gasteiger partial charge in [-0.3, -0.25) is 4.57 Å². The molecule has 0 aliphatic heterocycles. The van der Waals surface area contributed by atoms with Crippen molar-refractivity contribution >= 4 is 39.7 Å². The second-order valence-corrected chi connectivity index (χ2v) is 6.78. The van der Waals surface area contributed by atoms with Gasteiger partial charge in [-0.25, -0.2) is 4.98 Å². The average molecular weight is 400 g/mol. The normalized spacial score (nSPS) is 11.1. The van der Waals surface area contributed by atoms with Crippen LogP contribution in [0.25, 0.3) is 16.6 Å². The molecule has 0 saturated carbocycles. The van der Waals surface area contributed by atoms with Crippen LogP contribution in [0.2, 0.25) is 10.0 Å². The zero-order valence-corrected chi connectivity index (χ0v) is 15.9. The van der Waals surface area contributed by atoms with Crippen molar-refractivity contribution in [3.8, 4) is 11.6 Å². The summed E-state index contributed by atoms with van der Waals surface area (Å²) in [6.45, 7) is 0. The van der Waals surface area contributed by atoms with Gasteiger partial charge in [0.25, 0.3) is 0 Å². The van der Waals surface area contributed by atoms with E-state index in [1.165, 1.54) is 0 Å². The summed E-state index contributed by atoms with van der Waals surface area (Å²) in [5, 5.41) is 11.4. The first-order valence-corrected chi connectivity index (χ1v) is 8.88. The first kappa shape index (κ1) is 17.6. The fraction of sp³-hybridized carbons (Fsp3) is 0.105. The molecule has 2 aromatic carbocycles. The minimum absolute atomic E-state index is 0.472. The van der Waals surface area contributed by atoms with Gasteiger partial charge in [-0.05, 0) is 29.8 Å². The number of halogens is 2. The Bertz CT molecular complexity index is 1130. The summed E-state index contributed by atoms with van der Waals surface area (Å²) in [7, 11) is 1.58. The lowest BCUT2D eigenvalue weighted by Crippen LogP contribution is -2.05. The Kier molecular flexibility index (Phi) is 4.59. The van der Waals surface area contributed by atoms with E-state index in [0.29, 0.717) is 33.7 Å². The van der Waals surface area contributed by atoms with E-state index in [4.69, 9.17) is 33.7 Å². The van der Waals surface area contributed by atoms with E-state index in [9.17, 15) is 0 Å². The number of ether oxygens (including phenoxy) is 1. The molecule has 0 aliphatic carbocycles. The maximum Gasteiger partial charge on any atom is 0.168 e. The fourth-order valence-corrected chi connectivity index (χ4v) is 3.45. The minimum Gasteiger partial charge on any atom is -0.495 e. The predicted molar refractivity (Wildman–Crippen MR) is 107 cm³/mol. The van der Waals surface area contributed by atoms with Crippen LogP contribution in [0, 0.1) is 0 Å². The van der Waals surface area contributed by atoms with Crippen molar-refractivity contribution in [2.24, 2.45) is 0 Å². The molecule has 0 amide bonds. The number of nitrogen functional groups attached to an aromatic ring is 1. The van der Waals surface area contributed by atoms with Crippen LogP contribution >= 0.6 is 23.2 Å². The zero-order chi connectivity index (χ0) is 19.0. The number of imidazole rings is 1. The summed E-state index contributed by atoms with van der Waals surface area (Å²) < 4.78 is 6.99. The first-order valence-electron chi connectivity index (χ1n) is 8.12. The smallest absolute Gasteiger partial charge is 0.168 e. The molecular formula is C19H15Cl2N5O. The van der Waals surface area contributed by atoms with E-state index in [-0.39, 0.29) is 0 Å². The zero-order valence-electron chi connectivity index (χ0n) is 14.4. The number of benzene rings is 2. The van der Waals surface area contributed by atoms with Crippen LogP contribution in [0.4, 0.5) is 5.69 Å². The van der Waals surface area contributed by atoms with Gasteiger partial charge in [0.1, 0.15) is 12.1 Å². The number of nitrogens with two attached hydrogens (primary N) is 1. The standard InChI is InChI=1S/C19H15Cl2N5O/c1-27-16-5-2-11(8-14(16)21)9-15-17-12(3-4-13(20)18(17)22)19(25-24-15)26-7-6-23-10-26/h2-8,10H,9,22H2,1H3. The molecule has 2 aromatic heterocycles. The van der Waals surface area contributed by atoms with Crippen LogP contribution in [0.5, 0.6) is 5.75 Å². The van der Waals surface area contributed by atoms with E-state index < -0.39 is 0 Å². The maximum absolute atomic E-state index is 6.30. The second kappa shape index (κ2) is 7.06. The summed E-state index contributed by atoms with van der Waals surface area (Å²) in [5.74, 6) is 1.26. The third-order valence-corrected chi connectivity index (χ3v) is 4.95. The highest BCUT2D eigenvalue weighted by Gasteiger charge is 2.16. The lowest BCUT2D eigenvalue weighted by Gasteiger charge is -2.13. The minimum atomic E-state index is 0.472. The van der Waals surface area contributed by atoms with Gasteiger partial charge in [-0.2, -0.15) is 5.10 Å². The summed E-state index contributed by atoms with van der Waals surface area (Å²) in [4.78, 5) is 4.07. The quantitative estimate of drug-likeness (QED) is 0.517. The van der Waals surface area contributed by atoms with Gasteiger partial charge in [0.05, 0.1) is 28.5 Å². The van der Waals surface area contributed by atoms with Crippen LogP contribution in [-0.4, -0.2) is 26.9 Å². The third kappa shape index (κ3) is 3.18. The van der Waals surface area contributed by atoms with Crippen LogP contribution < -0.4 is 10.5 Å². The molecule has 0 saturated heterocycles. The van der Waals surface area contributed by atoms with E-state index >= 15 is 0 Å². The van der Waals surface area contributed by atoms with Crippen molar-refractivity contribution in [2.75, 3.05) is 12.8 Å². The molecule has 6 nitrogen and oxygen atoms in total. The van der Waals surface area contributed by atoms with Crippen LogP contribution in [-0.2, 0) is 6.42 Å². The van der Waals surface area contributed by atoms with E-state index in [1.807, 2.05) is 24.3 Å². The SMILES string of the molecule is COc1ccc(Cc2nnc(-n3ccnc3)c3ccc(Cl)c(N)c23)cc1Cl. The van der Waals surface area contributed by atoms with E-state index in [0.717, 1.165) is 22.0 Å². The molecule has 0 atom stereocenters. The number of aromatic nitrogens is 4. The Morgan fingerprint density at radius 3 is 2.67 bits per heavy atom. The van der Waals surface area contributed by atoms with E-state index in [2.05, 4.69) is 15.2 Å². The molecule has 0 fully saturated rings. The number of hydrogen-bond acceptors (Lipinski definition) is 5. The second-order valence-electron chi connectivity index (χ2n) is 5.97. The highest BCUT2D eigenvalue weighted by Crippen LogP contribution is 2.34. The lowest BCUT2D eigenvalue weighted by molar-refractivity contribution is 0.415. The molecule has 0 aliphatic rings. The Hall–Kier alpha value is -2.83. The molecule has 2 N–H and O–H groups in total. The third-order valence-electron chi connectivity index (χ3n) is 4.32. The monoisotopic (exact) mass is 399 g/mol. The van der Waals surface area contributed by atoms with Gasteiger partial charge in [-0.15, -0.1) is 5.10 Å². The topological polar surface area (TPSA) is 78.9 Å².